The molecule has 12 aromatic carbocycles. The Bertz CT molecular complexity index is 6530. The van der Waals surface area contributed by atoms with Crippen molar-refractivity contribution in [2.24, 2.45) is 0 Å². The van der Waals surface area contributed by atoms with E-state index >= 15 is 0 Å². The zero-order valence-electron chi connectivity index (χ0n) is 61.6. The average Bonchev–Trinajstić information content (AvgIpc) is 1.64. The topological polar surface area (TPSA) is 74.8 Å². The fourth-order valence-corrected chi connectivity index (χ4v) is 11.6. The van der Waals surface area contributed by atoms with Gasteiger partial charge in [0.05, 0.1) is 48.1 Å². The van der Waals surface area contributed by atoms with Gasteiger partial charge in [0.25, 0.3) is 0 Å². The molecular formula is C75H45N5O2. The van der Waals surface area contributed by atoms with Gasteiger partial charge in [-0.05, 0) is 130 Å². The van der Waals surface area contributed by atoms with Crippen molar-refractivity contribution < 1.29 is 34.9 Å². The van der Waals surface area contributed by atoms with Crippen LogP contribution in [-0.2, 0) is 0 Å². The second kappa shape index (κ2) is 18.2. The zero-order valence-corrected chi connectivity index (χ0v) is 42.6. The Morgan fingerprint density at radius 1 is 0.293 bits per heavy atom. The fourth-order valence-electron chi connectivity index (χ4n) is 11.6. The number of furan rings is 2. The number of hydrogen-bond acceptors (Lipinski definition) is 5. The third kappa shape index (κ3) is 7.27. The minimum Gasteiger partial charge on any atom is -0.456 e. The van der Waals surface area contributed by atoms with Crippen molar-refractivity contribution in [1.82, 2.24) is 24.1 Å². The number of benzene rings is 12. The first-order valence-corrected chi connectivity index (χ1v) is 26.1. The van der Waals surface area contributed by atoms with Gasteiger partial charge in [0, 0.05) is 71.2 Å². The molecule has 0 aliphatic carbocycles. The van der Waals surface area contributed by atoms with Crippen LogP contribution in [0.2, 0.25) is 0 Å². The van der Waals surface area contributed by atoms with Crippen LogP contribution in [0.15, 0.2) is 281 Å². The highest BCUT2D eigenvalue weighted by Gasteiger charge is 2.23. The van der Waals surface area contributed by atoms with Gasteiger partial charge in [0.1, 0.15) is 22.3 Å². The van der Waals surface area contributed by atoms with Crippen LogP contribution in [0.1, 0.15) is 26.0 Å². The summed E-state index contributed by atoms with van der Waals surface area (Å²) in [6, 6.07) is 37.9. The Balaban J connectivity index is 0.825. The molecule has 0 amide bonds. The van der Waals surface area contributed by atoms with Crippen LogP contribution >= 0.6 is 0 Å². The summed E-state index contributed by atoms with van der Waals surface area (Å²) in [5, 5.41) is 5.38. The van der Waals surface area contributed by atoms with Gasteiger partial charge in [0.2, 0.25) is 0 Å². The van der Waals surface area contributed by atoms with E-state index in [9.17, 15) is 5.48 Å². The number of nitrogens with zero attached hydrogens (tertiary/aromatic N) is 5. The highest BCUT2D eigenvalue weighted by Crippen LogP contribution is 2.44. The van der Waals surface area contributed by atoms with Crippen LogP contribution in [-0.4, -0.2) is 24.1 Å². The van der Waals surface area contributed by atoms with Crippen molar-refractivity contribution in [3.05, 3.63) is 273 Å². The third-order valence-electron chi connectivity index (χ3n) is 15.1. The van der Waals surface area contributed by atoms with Crippen LogP contribution in [0.25, 0.3) is 166 Å². The van der Waals surface area contributed by atoms with Crippen molar-refractivity contribution >= 4 is 87.5 Å². The first kappa shape index (κ1) is 30.9. The summed E-state index contributed by atoms with van der Waals surface area (Å²) in [4.78, 5) is 15.2. The minimum atomic E-state index is -0.671. The van der Waals surface area contributed by atoms with E-state index in [1.807, 2.05) is 115 Å². The van der Waals surface area contributed by atoms with E-state index in [2.05, 4.69) is 0 Å². The predicted molar refractivity (Wildman–Crippen MR) is 336 cm³/mol. The molecule has 0 radical (unpaired) electrons. The van der Waals surface area contributed by atoms with Crippen molar-refractivity contribution in [2.75, 3.05) is 0 Å². The molecule has 5 heterocycles. The van der Waals surface area contributed by atoms with Crippen LogP contribution in [0.3, 0.4) is 0 Å². The van der Waals surface area contributed by atoms with E-state index in [-0.39, 0.29) is 52.1 Å². The maximum atomic E-state index is 9.62. The summed E-state index contributed by atoms with van der Waals surface area (Å²) in [6.07, 6.45) is 0. The van der Waals surface area contributed by atoms with E-state index in [0.717, 1.165) is 33.0 Å². The molecule has 17 aromatic rings. The van der Waals surface area contributed by atoms with E-state index < -0.39 is 108 Å². The van der Waals surface area contributed by atoms with Crippen LogP contribution < -0.4 is 0 Å². The Hall–Kier alpha value is -11.2. The molecule has 5 aromatic heterocycles. The summed E-state index contributed by atoms with van der Waals surface area (Å²) in [7, 11) is 0. The number of para-hydroxylation sites is 3. The first-order valence-electron chi connectivity index (χ1n) is 35.6. The van der Waals surface area contributed by atoms with Gasteiger partial charge in [-0.3, -0.25) is 0 Å². The van der Waals surface area contributed by atoms with Gasteiger partial charge >= 0.3 is 0 Å². The fraction of sp³-hybridized carbons (Fsp3) is 0. The molecule has 7 heteroatoms. The van der Waals surface area contributed by atoms with Gasteiger partial charge in [-0.15, -0.1) is 0 Å². The van der Waals surface area contributed by atoms with Crippen LogP contribution in [0, 0.1) is 0 Å². The maximum absolute atomic E-state index is 9.62. The van der Waals surface area contributed by atoms with Crippen molar-refractivity contribution in [3.63, 3.8) is 0 Å². The van der Waals surface area contributed by atoms with E-state index in [4.69, 9.17) is 44.3 Å². The lowest BCUT2D eigenvalue weighted by Gasteiger charge is -2.11. The van der Waals surface area contributed by atoms with E-state index in [1.54, 1.807) is 51.6 Å². The molecule has 7 nitrogen and oxygen atoms in total. The molecule has 0 saturated carbocycles. The van der Waals surface area contributed by atoms with E-state index in [0.29, 0.717) is 87.8 Å². The van der Waals surface area contributed by atoms with Gasteiger partial charge in [0.15, 0.2) is 17.5 Å². The van der Waals surface area contributed by atoms with E-state index in [1.165, 1.54) is 0 Å². The predicted octanol–water partition coefficient (Wildman–Crippen LogP) is 19.9. The Labute approximate surface area is 496 Å². The molecule has 382 valence electrons. The SMILES string of the molecule is [2H]c1c([2H])c([2H])c(-c2nc(-c3cccc4oc5ccc(-c6ccc7c(c6)c6ccccc6n7-c6c([2H])c([2H])c([2H])c([2H])c6[2H])cc5c34)nc(-c3cccc4oc5ccc(-c6ccc7c(c6)c6ccccc6n7-c6c([2H])c([2H])c([2H])c(-c7c([2H])c([2H])c([2H])c([2H])c7[2H])c6[2H])cc5c34)n2)c([2H])c1[2H]. The van der Waals surface area contributed by atoms with Crippen molar-refractivity contribution in [3.8, 4) is 78.9 Å². The van der Waals surface area contributed by atoms with Crippen LogP contribution in [0.4, 0.5) is 0 Å². The van der Waals surface area contributed by atoms with Crippen molar-refractivity contribution in [2.45, 2.75) is 0 Å². The summed E-state index contributed by atoms with van der Waals surface area (Å²) >= 11 is 0. The molecule has 0 N–H and O–H groups in total. The molecule has 0 aliphatic rings. The number of fused-ring (bicyclic) bond motifs is 12. The summed E-state index contributed by atoms with van der Waals surface area (Å²) in [5.41, 5.74) is 6.95. The molecule has 0 aliphatic heterocycles. The normalized spacial score (nSPS) is 15.1. The lowest BCUT2D eigenvalue weighted by molar-refractivity contribution is 0.668. The maximum Gasteiger partial charge on any atom is 0.164 e. The number of rotatable bonds is 8. The third-order valence-corrected chi connectivity index (χ3v) is 15.1. The summed E-state index contributed by atoms with van der Waals surface area (Å²) < 4.78 is 183. The van der Waals surface area contributed by atoms with Gasteiger partial charge in [-0.2, -0.15) is 0 Å². The molecule has 82 heavy (non-hydrogen) atoms. The standard InChI is InChI=1S/C75H45N5O2/c1-4-17-46(18-5-1)48-21-14-24-54(41-48)80-64-30-13-11-26-56(64)60-43-50(34-38-66(60)80)52-36-40-68-62(45-52)72-58(28-16-32-70(72)82-68)75-77-73(47-19-6-2-7-20-47)76-74(78-75)57-27-15-31-69-71(57)61-44-51(35-39-67(61)81-69)49-33-37-65-59(42-49)55-25-10-12-29-63(55)79(65)53-22-8-3-9-23-53/h1-45H/i1D,2D,3D,4D,5D,6D,7D,8D,9D,14D,17D,18D,19D,20D,21D,22D,23D,24D,41D. The lowest BCUT2D eigenvalue weighted by atomic mass is 9.98. The molecule has 17 rings (SSSR count). The Kier molecular flexibility index (Phi) is 6.85. The smallest absolute Gasteiger partial charge is 0.164 e. The second-order valence-corrected chi connectivity index (χ2v) is 19.7. The highest BCUT2D eigenvalue weighted by atomic mass is 16.3. The molecule has 0 bridgehead atoms. The van der Waals surface area contributed by atoms with Crippen LogP contribution in [0.5, 0.6) is 0 Å². The molecule has 0 atom stereocenters. The quantitative estimate of drug-likeness (QED) is 0.152. The minimum absolute atomic E-state index is 0.0257. The monoisotopic (exact) mass is 1070 g/mol. The van der Waals surface area contributed by atoms with Gasteiger partial charge < -0.3 is 18.0 Å². The van der Waals surface area contributed by atoms with Gasteiger partial charge in [-0.1, -0.05) is 176 Å². The second-order valence-electron chi connectivity index (χ2n) is 19.7. The molecule has 0 fully saturated rings. The molecular weight excluding hydrogens is 1000 g/mol. The largest absolute Gasteiger partial charge is 0.456 e. The number of aromatic nitrogens is 5. The average molecular weight is 1070 g/mol. The highest BCUT2D eigenvalue weighted by molar-refractivity contribution is 6.16. The summed E-state index contributed by atoms with van der Waals surface area (Å²) in [5.74, 6) is -0.0698. The number of hydrogen-bond donors (Lipinski definition) is 0. The molecule has 0 unspecified atom stereocenters. The lowest BCUT2D eigenvalue weighted by Crippen LogP contribution is -2.00. The first-order chi connectivity index (χ1) is 48.5. The molecule has 0 saturated heterocycles. The van der Waals surface area contributed by atoms with Gasteiger partial charge in [-0.25, -0.2) is 15.0 Å². The molecule has 0 spiro atoms. The summed E-state index contributed by atoms with van der Waals surface area (Å²) in [6.45, 7) is 0. The Morgan fingerprint density at radius 2 is 0.720 bits per heavy atom. The van der Waals surface area contributed by atoms with Crippen molar-refractivity contribution in [1.29, 1.82) is 0 Å². The Morgan fingerprint density at radius 3 is 1.27 bits per heavy atom. The zero-order chi connectivity index (χ0) is 70.4.